The maximum Gasteiger partial charge on any atom is 0.408 e. The predicted octanol–water partition coefficient (Wildman–Crippen LogP) is 3.29. The Labute approximate surface area is 130 Å². The van der Waals surface area contributed by atoms with E-state index in [1.54, 1.807) is 20.8 Å². The van der Waals surface area contributed by atoms with Crippen molar-refractivity contribution in [1.82, 2.24) is 10.3 Å². The zero-order chi connectivity index (χ0) is 17.1. The SMILES string of the molecule is CC[C@H](C)[C@H](NC(=O)OC(C)(C)C)c1nc(C(=O)O)c(C)o1. The average Bonchev–Trinajstić information content (AvgIpc) is 2.75. The highest BCUT2D eigenvalue weighted by Gasteiger charge is 2.29. The second kappa shape index (κ2) is 6.81. The highest BCUT2D eigenvalue weighted by molar-refractivity contribution is 5.86. The van der Waals surface area contributed by atoms with Gasteiger partial charge in [-0.05, 0) is 33.6 Å². The number of aryl methyl sites for hydroxylation is 1. The van der Waals surface area contributed by atoms with Gasteiger partial charge < -0.3 is 19.6 Å². The maximum absolute atomic E-state index is 12.0. The molecule has 1 rings (SSSR count). The van der Waals surface area contributed by atoms with Crippen molar-refractivity contribution in [2.45, 2.75) is 59.6 Å². The Bertz CT molecular complexity index is 545. The summed E-state index contributed by atoms with van der Waals surface area (Å²) in [5.74, 6) is -0.767. The van der Waals surface area contributed by atoms with Crippen LogP contribution >= 0.6 is 0 Å². The van der Waals surface area contributed by atoms with Crippen LogP contribution in [0.1, 0.15) is 69.2 Å². The molecule has 2 atom stereocenters. The molecule has 0 bridgehead atoms. The predicted molar refractivity (Wildman–Crippen MR) is 79.8 cm³/mol. The van der Waals surface area contributed by atoms with E-state index in [1.807, 2.05) is 13.8 Å². The van der Waals surface area contributed by atoms with Gasteiger partial charge in [-0.15, -0.1) is 0 Å². The van der Waals surface area contributed by atoms with E-state index in [-0.39, 0.29) is 23.3 Å². The molecule has 0 spiro atoms. The van der Waals surface area contributed by atoms with Gasteiger partial charge in [0.2, 0.25) is 5.89 Å². The third kappa shape index (κ3) is 4.75. The summed E-state index contributed by atoms with van der Waals surface area (Å²) in [6, 6.07) is -0.549. The molecule has 0 aliphatic heterocycles. The van der Waals surface area contributed by atoms with Gasteiger partial charge in [-0.25, -0.2) is 14.6 Å². The first-order chi connectivity index (χ1) is 10.0. The lowest BCUT2D eigenvalue weighted by Crippen LogP contribution is -2.37. The number of oxazole rings is 1. The van der Waals surface area contributed by atoms with Gasteiger partial charge in [0, 0.05) is 0 Å². The summed E-state index contributed by atoms with van der Waals surface area (Å²) in [5, 5.41) is 11.8. The fraction of sp³-hybridized carbons (Fsp3) is 0.667. The van der Waals surface area contributed by atoms with Crippen LogP contribution in [0.3, 0.4) is 0 Å². The van der Waals surface area contributed by atoms with E-state index < -0.39 is 23.7 Å². The van der Waals surface area contributed by atoms with Gasteiger partial charge in [0.15, 0.2) is 5.69 Å². The van der Waals surface area contributed by atoms with Gasteiger partial charge in [0.25, 0.3) is 0 Å². The maximum atomic E-state index is 12.0. The Hall–Kier alpha value is -2.05. The molecule has 0 unspecified atom stereocenters. The molecular weight excluding hydrogens is 288 g/mol. The number of carboxylic acids is 1. The smallest absolute Gasteiger partial charge is 0.408 e. The van der Waals surface area contributed by atoms with Crippen LogP contribution in [0.15, 0.2) is 4.42 Å². The zero-order valence-electron chi connectivity index (χ0n) is 13.9. The number of carboxylic acid groups (broad SMARTS) is 1. The average molecular weight is 312 g/mol. The summed E-state index contributed by atoms with van der Waals surface area (Å²) >= 11 is 0. The van der Waals surface area contributed by atoms with Crippen LogP contribution < -0.4 is 5.32 Å². The lowest BCUT2D eigenvalue weighted by Gasteiger charge is -2.25. The van der Waals surface area contributed by atoms with Crippen LogP contribution in [0.5, 0.6) is 0 Å². The van der Waals surface area contributed by atoms with Crippen LogP contribution in [0.25, 0.3) is 0 Å². The summed E-state index contributed by atoms with van der Waals surface area (Å²) in [6.45, 7) is 10.7. The number of carbonyl (C=O) groups is 2. The van der Waals surface area contributed by atoms with Crippen LogP contribution in [-0.2, 0) is 4.74 Å². The van der Waals surface area contributed by atoms with Crippen molar-refractivity contribution >= 4 is 12.1 Å². The van der Waals surface area contributed by atoms with Gasteiger partial charge >= 0.3 is 12.1 Å². The van der Waals surface area contributed by atoms with Crippen LogP contribution in [0.4, 0.5) is 4.79 Å². The van der Waals surface area contributed by atoms with E-state index in [4.69, 9.17) is 14.3 Å². The molecule has 0 fully saturated rings. The molecule has 7 heteroatoms. The molecule has 2 N–H and O–H groups in total. The van der Waals surface area contributed by atoms with Crippen LogP contribution in [-0.4, -0.2) is 27.8 Å². The Morgan fingerprint density at radius 3 is 2.41 bits per heavy atom. The standard InChI is InChI=1S/C15H24N2O5/c1-7-8(2)10(17-14(20)22-15(4,5)6)12-16-11(13(18)19)9(3)21-12/h8,10H,7H2,1-6H3,(H,17,20)(H,18,19)/t8-,10-/m0/s1. The number of hydrogen-bond donors (Lipinski definition) is 2. The molecule has 0 aliphatic carbocycles. The second-order valence-electron chi connectivity index (χ2n) is 6.27. The Morgan fingerprint density at radius 1 is 1.41 bits per heavy atom. The van der Waals surface area contributed by atoms with Crippen molar-refractivity contribution in [1.29, 1.82) is 0 Å². The van der Waals surface area contributed by atoms with E-state index in [9.17, 15) is 9.59 Å². The number of carbonyl (C=O) groups excluding carboxylic acids is 1. The molecule has 0 aliphatic rings. The molecule has 7 nitrogen and oxygen atoms in total. The number of aromatic nitrogens is 1. The third-order valence-corrected chi connectivity index (χ3v) is 3.17. The van der Waals surface area contributed by atoms with Gasteiger partial charge in [-0.2, -0.15) is 0 Å². The highest BCUT2D eigenvalue weighted by atomic mass is 16.6. The van der Waals surface area contributed by atoms with Crippen molar-refractivity contribution in [3.05, 3.63) is 17.3 Å². The Kier molecular flexibility index (Phi) is 5.57. The minimum atomic E-state index is -1.16. The molecule has 124 valence electrons. The van der Waals surface area contributed by atoms with Crippen molar-refractivity contribution < 1.29 is 23.8 Å². The fourth-order valence-corrected chi connectivity index (χ4v) is 1.87. The summed E-state index contributed by atoms with van der Waals surface area (Å²) in [7, 11) is 0. The Balaban J connectivity index is 3.01. The molecule has 0 saturated carbocycles. The normalized spacial score (nSPS) is 14.3. The number of nitrogens with one attached hydrogen (secondary N) is 1. The van der Waals surface area contributed by atoms with E-state index >= 15 is 0 Å². The van der Waals surface area contributed by atoms with E-state index in [0.29, 0.717) is 0 Å². The third-order valence-electron chi connectivity index (χ3n) is 3.17. The van der Waals surface area contributed by atoms with Crippen molar-refractivity contribution in [2.24, 2.45) is 5.92 Å². The number of hydrogen-bond acceptors (Lipinski definition) is 5. The minimum Gasteiger partial charge on any atom is -0.476 e. The molecule has 0 radical (unpaired) electrons. The summed E-state index contributed by atoms with van der Waals surface area (Å²) in [4.78, 5) is 27.0. The first kappa shape index (κ1) is 18.0. The molecule has 1 amide bonds. The minimum absolute atomic E-state index is 0.00668. The zero-order valence-corrected chi connectivity index (χ0v) is 13.9. The number of amides is 1. The van der Waals surface area contributed by atoms with Crippen LogP contribution in [0, 0.1) is 12.8 Å². The second-order valence-corrected chi connectivity index (χ2v) is 6.27. The number of rotatable bonds is 5. The Morgan fingerprint density at radius 2 is 2.00 bits per heavy atom. The monoisotopic (exact) mass is 312 g/mol. The number of ether oxygens (including phenoxy) is 1. The summed E-state index contributed by atoms with van der Waals surface area (Å²) in [5.41, 5.74) is -0.766. The van der Waals surface area contributed by atoms with E-state index in [0.717, 1.165) is 6.42 Å². The molecule has 22 heavy (non-hydrogen) atoms. The summed E-state index contributed by atoms with van der Waals surface area (Å²) < 4.78 is 10.7. The van der Waals surface area contributed by atoms with Crippen molar-refractivity contribution in [3.8, 4) is 0 Å². The number of aromatic carboxylic acids is 1. The molecule has 0 saturated heterocycles. The lowest BCUT2D eigenvalue weighted by atomic mass is 9.99. The van der Waals surface area contributed by atoms with Crippen LogP contribution in [0.2, 0.25) is 0 Å². The first-order valence-corrected chi connectivity index (χ1v) is 7.25. The number of alkyl carbamates (subject to hydrolysis) is 1. The topological polar surface area (TPSA) is 102 Å². The van der Waals surface area contributed by atoms with Gasteiger partial charge in [0.1, 0.15) is 17.4 Å². The lowest BCUT2D eigenvalue weighted by molar-refractivity contribution is 0.0474. The van der Waals surface area contributed by atoms with Crippen molar-refractivity contribution in [3.63, 3.8) is 0 Å². The molecule has 0 aromatic carbocycles. The van der Waals surface area contributed by atoms with Gasteiger partial charge in [-0.3, -0.25) is 0 Å². The molecular formula is C15H24N2O5. The quantitative estimate of drug-likeness (QED) is 0.865. The molecule has 1 aromatic rings. The van der Waals surface area contributed by atoms with Crippen molar-refractivity contribution in [2.75, 3.05) is 0 Å². The van der Waals surface area contributed by atoms with Gasteiger partial charge in [-0.1, -0.05) is 20.3 Å². The number of nitrogens with zero attached hydrogens (tertiary/aromatic N) is 1. The fourth-order valence-electron chi connectivity index (χ4n) is 1.87. The molecule has 1 heterocycles. The van der Waals surface area contributed by atoms with E-state index in [1.165, 1.54) is 6.92 Å². The largest absolute Gasteiger partial charge is 0.476 e. The van der Waals surface area contributed by atoms with E-state index in [2.05, 4.69) is 10.3 Å². The van der Waals surface area contributed by atoms with Gasteiger partial charge in [0.05, 0.1) is 0 Å². The summed E-state index contributed by atoms with van der Waals surface area (Å²) in [6.07, 6.45) is 0.162. The highest BCUT2D eigenvalue weighted by Crippen LogP contribution is 2.26. The molecule has 1 aromatic heterocycles. The first-order valence-electron chi connectivity index (χ1n) is 7.25.